The minimum atomic E-state index is -0.534. The van der Waals surface area contributed by atoms with Gasteiger partial charge in [0.2, 0.25) is 11.7 Å². The lowest BCUT2D eigenvalue weighted by molar-refractivity contribution is -0.384. The fraction of sp³-hybridized carbons (Fsp3) is 0.107. The average Bonchev–Trinajstić information content (AvgIpc) is 2.91. The topological polar surface area (TPSA) is 130 Å². The number of fused-ring (bicyclic) bond motifs is 1. The second-order valence-electron chi connectivity index (χ2n) is 8.04. The zero-order valence-corrected chi connectivity index (χ0v) is 20.8. The number of nitrogens with one attached hydrogen (secondary N) is 1. The molecule has 1 N–H and O–H groups in total. The van der Waals surface area contributed by atoms with E-state index in [0.29, 0.717) is 27.7 Å². The summed E-state index contributed by atoms with van der Waals surface area (Å²) < 4.78 is 15.8. The number of aromatic nitrogens is 1. The van der Waals surface area contributed by atoms with Crippen LogP contribution in [0.1, 0.15) is 12.5 Å². The summed E-state index contributed by atoms with van der Waals surface area (Å²) in [5.74, 6) is -0.353. The van der Waals surface area contributed by atoms with Crippen molar-refractivity contribution in [1.82, 2.24) is 4.98 Å². The number of hydrogen-bond donors (Lipinski definition) is 1. The van der Waals surface area contributed by atoms with Crippen LogP contribution in [0.25, 0.3) is 28.1 Å². The van der Waals surface area contributed by atoms with Crippen LogP contribution in [0.2, 0.25) is 0 Å². The molecule has 0 atom stereocenters. The van der Waals surface area contributed by atoms with Gasteiger partial charge in [0.05, 0.1) is 36.5 Å². The molecule has 4 rings (SSSR count). The van der Waals surface area contributed by atoms with Gasteiger partial charge in [-0.25, -0.2) is 0 Å². The zero-order chi connectivity index (χ0) is 27.2. The Morgan fingerprint density at radius 1 is 1.00 bits per heavy atom. The standard InChI is InChI=1S/C28H23N3O7/c1-17(32)38-28-24(36-2)13-18(14-25(28)37-3)9-12-26(33)30-23-16-29-22-11-10-20(31(34)35)15-21(22)27(23)19-7-5-4-6-8-19/h4-16H,1-3H3,(H,30,33). The number of nitrogens with zero attached hydrogens (tertiary/aromatic N) is 2. The van der Waals surface area contributed by atoms with Crippen LogP contribution < -0.4 is 19.5 Å². The van der Waals surface area contributed by atoms with Crippen molar-refractivity contribution in [1.29, 1.82) is 0 Å². The van der Waals surface area contributed by atoms with Crippen LogP contribution in [0.3, 0.4) is 0 Å². The highest BCUT2D eigenvalue weighted by atomic mass is 16.6. The largest absolute Gasteiger partial charge is 0.493 e. The molecule has 0 saturated carbocycles. The van der Waals surface area contributed by atoms with Gasteiger partial charge >= 0.3 is 5.97 Å². The molecular weight excluding hydrogens is 490 g/mol. The molecule has 10 heteroatoms. The molecule has 10 nitrogen and oxygen atoms in total. The van der Waals surface area contributed by atoms with Crippen molar-refractivity contribution in [3.63, 3.8) is 0 Å². The van der Waals surface area contributed by atoms with E-state index in [4.69, 9.17) is 14.2 Å². The first-order chi connectivity index (χ1) is 18.3. The molecule has 0 aliphatic carbocycles. The monoisotopic (exact) mass is 513 g/mol. The second-order valence-corrected chi connectivity index (χ2v) is 8.04. The molecule has 0 aliphatic rings. The van der Waals surface area contributed by atoms with Gasteiger partial charge in [0.1, 0.15) is 0 Å². The van der Waals surface area contributed by atoms with Gasteiger partial charge < -0.3 is 19.5 Å². The number of carbonyl (C=O) groups is 2. The number of esters is 1. The molecule has 3 aromatic carbocycles. The molecule has 38 heavy (non-hydrogen) atoms. The van der Waals surface area contributed by atoms with Crippen molar-refractivity contribution < 1.29 is 28.7 Å². The minimum absolute atomic E-state index is 0.0834. The van der Waals surface area contributed by atoms with Crippen molar-refractivity contribution in [2.24, 2.45) is 0 Å². The van der Waals surface area contributed by atoms with Crippen LogP contribution in [0, 0.1) is 10.1 Å². The van der Waals surface area contributed by atoms with E-state index in [9.17, 15) is 19.7 Å². The Labute approximate surface area is 217 Å². The molecule has 1 heterocycles. The number of nitro groups is 1. The summed E-state index contributed by atoms with van der Waals surface area (Å²) in [7, 11) is 2.84. The van der Waals surface area contributed by atoms with Crippen LogP contribution >= 0.6 is 0 Å². The summed E-state index contributed by atoms with van der Waals surface area (Å²) in [6, 6.07) is 16.8. The molecule has 0 bridgehead atoms. The minimum Gasteiger partial charge on any atom is -0.493 e. The molecule has 0 fully saturated rings. The van der Waals surface area contributed by atoms with Crippen molar-refractivity contribution in [3.05, 3.63) is 88.6 Å². The van der Waals surface area contributed by atoms with Crippen LogP contribution in [0.5, 0.6) is 17.2 Å². The van der Waals surface area contributed by atoms with Crippen LogP contribution in [0.15, 0.2) is 72.9 Å². The van der Waals surface area contributed by atoms with Gasteiger partial charge in [0.25, 0.3) is 5.69 Å². The predicted octanol–water partition coefficient (Wildman–Crippen LogP) is 5.40. The lowest BCUT2D eigenvalue weighted by Crippen LogP contribution is -2.09. The quantitative estimate of drug-likeness (QED) is 0.109. The molecule has 0 unspecified atom stereocenters. The SMILES string of the molecule is COc1cc(C=CC(=O)Nc2cnc3ccc([N+](=O)[O-])cc3c2-c2ccccc2)cc(OC)c1OC(C)=O. The van der Waals surface area contributed by atoms with E-state index in [1.807, 2.05) is 30.3 Å². The Bertz CT molecular complexity index is 1540. The van der Waals surface area contributed by atoms with Crippen LogP contribution in [0.4, 0.5) is 11.4 Å². The molecule has 1 amide bonds. The first kappa shape index (κ1) is 25.8. The fourth-order valence-corrected chi connectivity index (χ4v) is 3.89. The lowest BCUT2D eigenvalue weighted by atomic mass is 9.99. The maximum atomic E-state index is 12.9. The molecule has 0 aliphatic heterocycles. The number of rotatable bonds is 8. The number of carbonyl (C=O) groups excluding carboxylic acids is 2. The smallest absolute Gasteiger partial charge is 0.308 e. The molecule has 192 valence electrons. The number of pyridine rings is 1. The molecule has 0 spiro atoms. The molecule has 0 radical (unpaired) electrons. The number of benzene rings is 3. The molecule has 0 saturated heterocycles. The van der Waals surface area contributed by atoms with E-state index >= 15 is 0 Å². The third-order valence-corrected chi connectivity index (χ3v) is 5.54. The van der Waals surface area contributed by atoms with E-state index < -0.39 is 16.8 Å². The first-order valence-corrected chi connectivity index (χ1v) is 11.4. The Morgan fingerprint density at radius 3 is 2.29 bits per heavy atom. The summed E-state index contributed by atoms with van der Waals surface area (Å²) in [6.45, 7) is 1.26. The van der Waals surface area contributed by atoms with E-state index in [2.05, 4.69) is 10.3 Å². The van der Waals surface area contributed by atoms with Gasteiger partial charge in [0.15, 0.2) is 11.5 Å². The van der Waals surface area contributed by atoms with E-state index in [-0.39, 0.29) is 22.9 Å². The maximum Gasteiger partial charge on any atom is 0.308 e. The van der Waals surface area contributed by atoms with E-state index in [1.165, 1.54) is 45.5 Å². The Balaban J connectivity index is 1.70. The third kappa shape index (κ3) is 5.59. The van der Waals surface area contributed by atoms with Gasteiger partial charge in [0, 0.05) is 36.1 Å². The fourth-order valence-electron chi connectivity index (χ4n) is 3.89. The summed E-state index contributed by atoms with van der Waals surface area (Å²) in [6.07, 6.45) is 4.37. The lowest BCUT2D eigenvalue weighted by Gasteiger charge is -2.14. The predicted molar refractivity (Wildman–Crippen MR) is 142 cm³/mol. The zero-order valence-electron chi connectivity index (χ0n) is 20.8. The van der Waals surface area contributed by atoms with Gasteiger partial charge in [-0.1, -0.05) is 30.3 Å². The molecular formula is C28H23N3O7. The highest BCUT2D eigenvalue weighted by Gasteiger charge is 2.17. The number of amides is 1. The van der Waals surface area contributed by atoms with Gasteiger partial charge in [-0.05, 0) is 35.4 Å². The number of hydrogen-bond acceptors (Lipinski definition) is 8. The highest BCUT2D eigenvalue weighted by molar-refractivity contribution is 6.09. The van der Waals surface area contributed by atoms with Gasteiger partial charge in [-0.2, -0.15) is 0 Å². The van der Waals surface area contributed by atoms with Gasteiger partial charge in [-0.15, -0.1) is 0 Å². The number of anilines is 1. The number of nitro benzene ring substituents is 1. The highest BCUT2D eigenvalue weighted by Crippen LogP contribution is 2.39. The number of methoxy groups -OCH3 is 2. The Hall–Kier alpha value is -5.25. The van der Waals surface area contributed by atoms with Crippen molar-refractivity contribution in [2.75, 3.05) is 19.5 Å². The van der Waals surface area contributed by atoms with E-state index in [0.717, 1.165) is 5.56 Å². The third-order valence-electron chi connectivity index (χ3n) is 5.54. The summed E-state index contributed by atoms with van der Waals surface area (Å²) in [4.78, 5) is 39.7. The van der Waals surface area contributed by atoms with Crippen LogP contribution in [-0.2, 0) is 9.59 Å². The number of ether oxygens (including phenoxy) is 3. The summed E-state index contributed by atoms with van der Waals surface area (Å²) >= 11 is 0. The average molecular weight is 514 g/mol. The van der Waals surface area contributed by atoms with E-state index in [1.54, 1.807) is 24.3 Å². The number of non-ortho nitro benzene ring substituents is 1. The van der Waals surface area contributed by atoms with Crippen molar-refractivity contribution in [3.8, 4) is 28.4 Å². The molecule has 1 aromatic heterocycles. The summed E-state index contributed by atoms with van der Waals surface area (Å²) in [5.41, 5.74) is 2.78. The summed E-state index contributed by atoms with van der Waals surface area (Å²) in [5, 5.41) is 14.8. The Morgan fingerprint density at radius 2 is 1.68 bits per heavy atom. The normalized spacial score (nSPS) is 10.8. The molecule has 4 aromatic rings. The first-order valence-electron chi connectivity index (χ1n) is 11.4. The maximum absolute atomic E-state index is 12.9. The Kier molecular flexibility index (Phi) is 7.62. The van der Waals surface area contributed by atoms with Crippen molar-refractivity contribution >= 4 is 40.2 Å². The second kappa shape index (κ2) is 11.2. The van der Waals surface area contributed by atoms with Gasteiger partial charge in [-0.3, -0.25) is 24.7 Å². The van der Waals surface area contributed by atoms with Crippen molar-refractivity contribution in [2.45, 2.75) is 6.92 Å². The van der Waals surface area contributed by atoms with Crippen LogP contribution in [-0.4, -0.2) is 36.0 Å².